The van der Waals surface area contributed by atoms with Crippen molar-refractivity contribution in [2.75, 3.05) is 23.4 Å². The van der Waals surface area contributed by atoms with Crippen molar-refractivity contribution >= 4 is 17.5 Å². The number of carbonyl (C=O) groups is 1. The van der Waals surface area contributed by atoms with E-state index in [2.05, 4.69) is 6.92 Å². The van der Waals surface area contributed by atoms with Crippen molar-refractivity contribution in [3.63, 3.8) is 0 Å². The van der Waals surface area contributed by atoms with Crippen LogP contribution in [0.4, 0.5) is 11.6 Å². The van der Waals surface area contributed by atoms with Crippen LogP contribution in [0.1, 0.15) is 45.4 Å². The van der Waals surface area contributed by atoms with Gasteiger partial charge in [0, 0.05) is 19.7 Å². The van der Waals surface area contributed by atoms with Crippen molar-refractivity contribution in [1.82, 2.24) is 0 Å². The quantitative estimate of drug-likeness (QED) is 0.740. The van der Waals surface area contributed by atoms with Crippen molar-refractivity contribution in [1.29, 1.82) is 0 Å². The molecule has 1 aliphatic rings. The first-order valence-corrected chi connectivity index (χ1v) is 7.46. The highest BCUT2D eigenvalue weighted by Gasteiger charge is 2.40. The Bertz CT molecular complexity index is 444. The van der Waals surface area contributed by atoms with E-state index in [-0.39, 0.29) is 0 Å². The van der Waals surface area contributed by atoms with Crippen LogP contribution in [0.25, 0.3) is 0 Å². The Morgan fingerprint density at radius 1 is 1.30 bits per heavy atom. The number of nitrogens with zero attached hydrogens (tertiary/aromatic N) is 2. The molecule has 20 heavy (non-hydrogen) atoms. The van der Waals surface area contributed by atoms with Crippen LogP contribution < -0.4 is 9.80 Å². The van der Waals surface area contributed by atoms with Gasteiger partial charge in [-0.2, -0.15) is 0 Å². The van der Waals surface area contributed by atoms with Gasteiger partial charge in [-0.15, -0.1) is 0 Å². The van der Waals surface area contributed by atoms with Crippen LogP contribution in [0.2, 0.25) is 0 Å². The maximum Gasteiger partial charge on any atom is 0.347 e. The first kappa shape index (κ1) is 14.8. The standard InChI is InChI=1S/C15H24N2O3/c1-3-4-5-6-7-8-10-17-12-9-11-20-14(12)16(2)13(17)15(18)19/h9,11,13H,3-8,10H2,1-2H3,(H,18,19). The minimum atomic E-state index is -0.829. The molecule has 0 saturated heterocycles. The van der Waals surface area contributed by atoms with Crippen molar-refractivity contribution in [2.24, 2.45) is 0 Å². The maximum absolute atomic E-state index is 11.4. The lowest BCUT2D eigenvalue weighted by Gasteiger charge is -2.26. The molecule has 0 radical (unpaired) electrons. The smallest absolute Gasteiger partial charge is 0.347 e. The minimum absolute atomic E-state index is 0.638. The first-order chi connectivity index (χ1) is 9.66. The van der Waals surface area contributed by atoms with Gasteiger partial charge in [0.25, 0.3) is 0 Å². The molecule has 0 spiro atoms. The van der Waals surface area contributed by atoms with Crippen molar-refractivity contribution < 1.29 is 14.3 Å². The molecule has 1 unspecified atom stereocenters. The van der Waals surface area contributed by atoms with Crippen LogP contribution in [0, 0.1) is 0 Å². The summed E-state index contributed by atoms with van der Waals surface area (Å²) in [5.41, 5.74) is 0.897. The Kier molecular flexibility index (Phi) is 4.93. The third-order valence-corrected chi connectivity index (χ3v) is 3.89. The predicted molar refractivity (Wildman–Crippen MR) is 79.3 cm³/mol. The van der Waals surface area contributed by atoms with E-state index in [4.69, 9.17) is 4.42 Å². The summed E-state index contributed by atoms with van der Waals surface area (Å²) < 4.78 is 5.38. The van der Waals surface area contributed by atoms with Gasteiger partial charge in [0.05, 0.1) is 6.26 Å². The van der Waals surface area contributed by atoms with E-state index in [1.165, 1.54) is 25.7 Å². The summed E-state index contributed by atoms with van der Waals surface area (Å²) in [7, 11) is 1.77. The number of hydrogen-bond donors (Lipinski definition) is 1. The zero-order valence-electron chi connectivity index (χ0n) is 12.3. The van der Waals surface area contributed by atoms with Gasteiger partial charge in [0.1, 0.15) is 5.69 Å². The molecule has 2 heterocycles. The second-order valence-electron chi connectivity index (χ2n) is 5.39. The van der Waals surface area contributed by atoms with Crippen LogP contribution in [-0.2, 0) is 4.79 Å². The Hall–Kier alpha value is -1.65. The summed E-state index contributed by atoms with van der Waals surface area (Å²) in [6.45, 7) is 2.97. The molecule has 1 N–H and O–H groups in total. The molecule has 0 bridgehead atoms. The van der Waals surface area contributed by atoms with Gasteiger partial charge >= 0.3 is 5.97 Å². The van der Waals surface area contributed by atoms with Crippen LogP contribution in [-0.4, -0.2) is 30.8 Å². The van der Waals surface area contributed by atoms with Gasteiger partial charge < -0.3 is 19.3 Å². The summed E-state index contributed by atoms with van der Waals surface area (Å²) in [5, 5.41) is 9.39. The summed E-state index contributed by atoms with van der Waals surface area (Å²) in [4.78, 5) is 15.1. The molecule has 5 nitrogen and oxygen atoms in total. The lowest BCUT2D eigenvalue weighted by molar-refractivity contribution is -0.138. The molecule has 112 valence electrons. The number of carboxylic acids is 1. The second-order valence-corrected chi connectivity index (χ2v) is 5.39. The topological polar surface area (TPSA) is 56.9 Å². The van der Waals surface area contributed by atoms with Gasteiger partial charge in [0.15, 0.2) is 0 Å². The molecule has 5 heteroatoms. The molecule has 0 aliphatic carbocycles. The fourth-order valence-corrected chi connectivity index (χ4v) is 2.83. The lowest BCUT2D eigenvalue weighted by atomic mass is 10.1. The Morgan fingerprint density at radius 2 is 2.00 bits per heavy atom. The van der Waals surface area contributed by atoms with Crippen LogP contribution in [0.3, 0.4) is 0 Å². The van der Waals surface area contributed by atoms with Crippen molar-refractivity contribution in [3.05, 3.63) is 12.3 Å². The average molecular weight is 280 g/mol. The third-order valence-electron chi connectivity index (χ3n) is 3.89. The number of unbranched alkanes of at least 4 members (excludes halogenated alkanes) is 5. The Labute approximate surface area is 120 Å². The van der Waals surface area contributed by atoms with Gasteiger partial charge in [0.2, 0.25) is 12.0 Å². The van der Waals surface area contributed by atoms with E-state index in [0.29, 0.717) is 5.88 Å². The Morgan fingerprint density at radius 3 is 2.70 bits per heavy atom. The van der Waals surface area contributed by atoms with E-state index in [1.807, 2.05) is 11.0 Å². The monoisotopic (exact) mass is 280 g/mol. The Balaban J connectivity index is 1.90. The number of furan rings is 1. The fourth-order valence-electron chi connectivity index (χ4n) is 2.83. The van der Waals surface area contributed by atoms with Crippen LogP contribution in [0.5, 0.6) is 0 Å². The normalized spacial score (nSPS) is 17.6. The molecule has 1 aromatic heterocycles. The highest BCUT2D eigenvalue weighted by atomic mass is 16.4. The predicted octanol–water partition coefficient (Wildman–Crippen LogP) is 3.31. The number of anilines is 2. The van der Waals surface area contributed by atoms with Crippen molar-refractivity contribution in [3.8, 4) is 0 Å². The van der Waals surface area contributed by atoms with Gasteiger partial charge in [-0.05, 0) is 6.42 Å². The molecule has 2 rings (SSSR count). The third kappa shape index (κ3) is 2.92. The van der Waals surface area contributed by atoms with Gasteiger partial charge in [-0.1, -0.05) is 39.0 Å². The molecule has 1 atom stereocenters. The summed E-state index contributed by atoms with van der Waals surface area (Å²) in [6, 6.07) is 1.85. The van der Waals surface area contributed by atoms with E-state index in [1.54, 1.807) is 18.2 Å². The molecule has 0 amide bonds. The number of aliphatic carboxylic acids is 1. The van der Waals surface area contributed by atoms with E-state index >= 15 is 0 Å². The largest absolute Gasteiger partial charge is 0.478 e. The summed E-state index contributed by atoms with van der Waals surface area (Å²) >= 11 is 0. The first-order valence-electron chi connectivity index (χ1n) is 7.46. The number of likely N-dealkylation sites (N-methyl/N-ethyl adjacent to an activating group) is 1. The molecule has 0 fully saturated rings. The number of fused-ring (bicyclic) bond motifs is 1. The van der Waals surface area contributed by atoms with Crippen molar-refractivity contribution in [2.45, 2.75) is 51.6 Å². The number of hydrogen-bond acceptors (Lipinski definition) is 4. The molecule has 1 aromatic rings. The van der Waals surface area contributed by atoms with Crippen LogP contribution in [0.15, 0.2) is 16.7 Å². The van der Waals surface area contributed by atoms with Gasteiger partial charge in [-0.25, -0.2) is 4.79 Å². The highest BCUT2D eigenvalue weighted by molar-refractivity contribution is 5.88. The molecule has 1 aliphatic heterocycles. The summed E-state index contributed by atoms with van der Waals surface area (Å²) in [5.74, 6) is -0.173. The average Bonchev–Trinajstić information content (AvgIpc) is 2.97. The molecule has 0 saturated carbocycles. The zero-order chi connectivity index (χ0) is 14.5. The molecule has 0 aromatic carbocycles. The lowest BCUT2D eigenvalue weighted by Crippen LogP contribution is -2.47. The minimum Gasteiger partial charge on any atom is -0.478 e. The van der Waals surface area contributed by atoms with E-state index in [0.717, 1.165) is 25.1 Å². The molecular formula is C15H24N2O3. The van der Waals surface area contributed by atoms with E-state index in [9.17, 15) is 9.90 Å². The summed E-state index contributed by atoms with van der Waals surface area (Å²) in [6.07, 6.45) is 8.19. The fraction of sp³-hybridized carbons (Fsp3) is 0.667. The van der Waals surface area contributed by atoms with Gasteiger partial charge in [-0.3, -0.25) is 0 Å². The maximum atomic E-state index is 11.4. The zero-order valence-corrected chi connectivity index (χ0v) is 12.3. The second kappa shape index (κ2) is 6.68. The highest BCUT2D eigenvalue weighted by Crippen LogP contribution is 2.39. The molecular weight excluding hydrogens is 256 g/mol. The number of carboxylic acid groups (broad SMARTS) is 1. The number of rotatable bonds is 8. The van der Waals surface area contributed by atoms with Crippen LogP contribution >= 0.6 is 0 Å². The SMILES string of the molecule is CCCCCCCCN1c2ccoc2N(C)C1C(=O)O. The van der Waals surface area contributed by atoms with E-state index < -0.39 is 12.1 Å².